The van der Waals surface area contributed by atoms with Crippen molar-refractivity contribution in [2.75, 3.05) is 13.7 Å². The van der Waals surface area contributed by atoms with Gasteiger partial charge in [-0.05, 0) is 24.1 Å². The Hall–Kier alpha value is -1.84. The van der Waals surface area contributed by atoms with E-state index >= 15 is 0 Å². The molecule has 0 atom stereocenters. The van der Waals surface area contributed by atoms with Gasteiger partial charge in [-0.25, -0.2) is 4.79 Å². The van der Waals surface area contributed by atoms with Gasteiger partial charge in [-0.15, -0.1) is 0 Å². The molecule has 0 saturated heterocycles. The SMILES string of the molecule is COC(=O)c1cccc(CCNC(=O)C(C)C)c1. The number of benzene rings is 1. The maximum atomic E-state index is 11.4. The average Bonchev–Trinajstić information content (AvgIpc) is 2.37. The van der Waals surface area contributed by atoms with Crippen molar-refractivity contribution in [2.24, 2.45) is 5.92 Å². The molecule has 0 saturated carbocycles. The predicted molar refractivity (Wildman–Crippen MR) is 69.3 cm³/mol. The lowest BCUT2D eigenvalue weighted by Gasteiger charge is -2.08. The van der Waals surface area contributed by atoms with Crippen LogP contribution in [0.5, 0.6) is 0 Å². The normalized spacial score (nSPS) is 10.2. The van der Waals surface area contributed by atoms with Gasteiger partial charge in [0.1, 0.15) is 0 Å². The fourth-order valence-electron chi connectivity index (χ4n) is 1.51. The van der Waals surface area contributed by atoms with Crippen molar-refractivity contribution in [3.8, 4) is 0 Å². The molecule has 0 fully saturated rings. The summed E-state index contributed by atoms with van der Waals surface area (Å²) in [5.41, 5.74) is 1.53. The van der Waals surface area contributed by atoms with Crippen LogP contribution in [0.3, 0.4) is 0 Å². The van der Waals surface area contributed by atoms with Crippen molar-refractivity contribution >= 4 is 11.9 Å². The third-order valence-electron chi connectivity index (χ3n) is 2.59. The molecule has 0 aliphatic carbocycles. The lowest BCUT2D eigenvalue weighted by molar-refractivity contribution is -0.123. The van der Waals surface area contributed by atoms with E-state index in [-0.39, 0.29) is 17.8 Å². The predicted octanol–water partition coefficient (Wildman–Crippen LogP) is 1.79. The highest BCUT2D eigenvalue weighted by Gasteiger charge is 2.07. The van der Waals surface area contributed by atoms with Crippen molar-refractivity contribution in [1.82, 2.24) is 5.32 Å². The number of rotatable bonds is 5. The molecule has 98 valence electrons. The highest BCUT2D eigenvalue weighted by Crippen LogP contribution is 2.07. The Balaban J connectivity index is 2.53. The molecule has 0 spiro atoms. The van der Waals surface area contributed by atoms with Crippen LogP contribution < -0.4 is 5.32 Å². The monoisotopic (exact) mass is 249 g/mol. The molecule has 0 radical (unpaired) electrons. The number of nitrogens with one attached hydrogen (secondary N) is 1. The molecular formula is C14H19NO3. The first-order chi connectivity index (χ1) is 8.54. The van der Waals surface area contributed by atoms with Gasteiger partial charge in [0.05, 0.1) is 12.7 Å². The van der Waals surface area contributed by atoms with Gasteiger partial charge in [0, 0.05) is 12.5 Å². The van der Waals surface area contributed by atoms with Crippen molar-refractivity contribution < 1.29 is 14.3 Å². The molecule has 1 aromatic rings. The summed E-state index contributed by atoms with van der Waals surface area (Å²) in [5.74, 6) is -0.311. The highest BCUT2D eigenvalue weighted by atomic mass is 16.5. The van der Waals surface area contributed by atoms with Crippen molar-refractivity contribution in [3.63, 3.8) is 0 Å². The summed E-state index contributed by atoms with van der Waals surface area (Å²) in [6.07, 6.45) is 0.698. The molecule has 4 nitrogen and oxygen atoms in total. The summed E-state index contributed by atoms with van der Waals surface area (Å²) < 4.78 is 4.66. The molecule has 1 amide bonds. The molecule has 0 bridgehead atoms. The molecular weight excluding hydrogens is 230 g/mol. The van der Waals surface area contributed by atoms with Gasteiger partial charge in [-0.1, -0.05) is 26.0 Å². The van der Waals surface area contributed by atoms with Crippen molar-refractivity contribution in [1.29, 1.82) is 0 Å². The molecule has 0 aliphatic heterocycles. The first-order valence-corrected chi connectivity index (χ1v) is 5.99. The second-order valence-corrected chi connectivity index (χ2v) is 4.39. The van der Waals surface area contributed by atoms with Crippen LogP contribution in [-0.4, -0.2) is 25.5 Å². The standard InChI is InChI=1S/C14H19NO3/c1-10(2)13(16)15-8-7-11-5-4-6-12(9-11)14(17)18-3/h4-6,9-10H,7-8H2,1-3H3,(H,15,16). The number of methoxy groups -OCH3 is 1. The van der Waals surface area contributed by atoms with E-state index in [1.165, 1.54) is 7.11 Å². The number of hydrogen-bond acceptors (Lipinski definition) is 3. The van der Waals surface area contributed by atoms with E-state index in [1.54, 1.807) is 12.1 Å². The van der Waals surface area contributed by atoms with E-state index in [4.69, 9.17) is 0 Å². The summed E-state index contributed by atoms with van der Waals surface area (Å²) >= 11 is 0. The molecule has 1 N–H and O–H groups in total. The summed E-state index contributed by atoms with van der Waals surface area (Å²) in [7, 11) is 1.36. The minimum absolute atomic E-state index is 0.00796. The third-order valence-corrected chi connectivity index (χ3v) is 2.59. The molecule has 18 heavy (non-hydrogen) atoms. The molecule has 0 aliphatic rings. The molecule has 1 aromatic carbocycles. The van der Waals surface area contributed by atoms with Crippen molar-refractivity contribution in [2.45, 2.75) is 20.3 Å². The molecule has 4 heteroatoms. The zero-order valence-electron chi connectivity index (χ0n) is 11.0. The van der Waals surface area contributed by atoms with Crippen LogP contribution >= 0.6 is 0 Å². The van der Waals surface area contributed by atoms with Gasteiger partial charge in [0.25, 0.3) is 0 Å². The van der Waals surface area contributed by atoms with E-state index in [9.17, 15) is 9.59 Å². The van der Waals surface area contributed by atoms with Gasteiger partial charge in [-0.3, -0.25) is 4.79 Å². The van der Waals surface area contributed by atoms with Crippen LogP contribution in [0, 0.1) is 5.92 Å². The Morgan fingerprint density at radius 3 is 2.67 bits per heavy atom. The average molecular weight is 249 g/mol. The van der Waals surface area contributed by atoms with Crippen molar-refractivity contribution in [3.05, 3.63) is 35.4 Å². The highest BCUT2D eigenvalue weighted by molar-refractivity contribution is 5.89. The van der Waals surface area contributed by atoms with Crippen LogP contribution in [0.4, 0.5) is 0 Å². The Morgan fingerprint density at radius 1 is 1.33 bits per heavy atom. The van der Waals surface area contributed by atoms with E-state index in [0.29, 0.717) is 18.5 Å². The maximum Gasteiger partial charge on any atom is 0.337 e. The van der Waals surface area contributed by atoms with Crippen LogP contribution in [0.15, 0.2) is 24.3 Å². The number of esters is 1. The van der Waals surface area contributed by atoms with E-state index in [2.05, 4.69) is 10.1 Å². The summed E-state index contributed by atoms with van der Waals surface area (Å²) in [5, 5.41) is 2.84. The van der Waals surface area contributed by atoms with Crippen LogP contribution in [0.2, 0.25) is 0 Å². The fraction of sp³-hybridized carbons (Fsp3) is 0.429. The van der Waals surface area contributed by atoms with Crippen LogP contribution in [0.1, 0.15) is 29.8 Å². The Kier molecular flexibility index (Phi) is 5.36. The second kappa shape index (κ2) is 6.79. The topological polar surface area (TPSA) is 55.4 Å². The minimum Gasteiger partial charge on any atom is -0.465 e. The fourth-order valence-corrected chi connectivity index (χ4v) is 1.51. The number of ether oxygens (including phenoxy) is 1. The number of carbonyl (C=O) groups excluding carboxylic acids is 2. The lowest BCUT2D eigenvalue weighted by Crippen LogP contribution is -2.29. The second-order valence-electron chi connectivity index (χ2n) is 4.39. The molecule has 0 aromatic heterocycles. The minimum atomic E-state index is -0.344. The number of carbonyl (C=O) groups is 2. The van der Waals surface area contributed by atoms with E-state index in [0.717, 1.165) is 5.56 Å². The zero-order valence-corrected chi connectivity index (χ0v) is 11.0. The van der Waals surface area contributed by atoms with Gasteiger partial charge >= 0.3 is 5.97 Å². The van der Waals surface area contributed by atoms with Gasteiger partial charge in [0.2, 0.25) is 5.91 Å². The van der Waals surface area contributed by atoms with Gasteiger partial charge in [0.15, 0.2) is 0 Å². The Bertz CT molecular complexity index is 427. The lowest BCUT2D eigenvalue weighted by atomic mass is 10.1. The van der Waals surface area contributed by atoms with Crippen LogP contribution in [-0.2, 0) is 16.0 Å². The Labute approximate surface area is 107 Å². The third kappa shape index (κ3) is 4.20. The first kappa shape index (κ1) is 14.2. The smallest absolute Gasteiger partial charge is 0.337 e. The summed E-state index contributed by atoms with van der Waals surface area (Å²) in [6, 6.07) is 7.23. The van der Waals surface area contributed by atoms with E-state index < -0.39 is 0 Å². The van der Waals surface area contributed by atoms with E-state index in [1.807, 2.05) is 26.0 Å². The summed E-state index contributed by atoms with van der Waals surface area (Å²) in [6.45, 7) is 4.28. The maximum absolute atomic E-state index is 11.4. The largest absolute Gasteiger partial charge is 0.465 e. The molecule has 0 unspecified atom stereocenters. The number of hydrogen-bond donors (Lipinski definition) is 1. The molecule has 0 heterocycles. The number of amides is 1. The summed E-state index contributed by atoms with van der Waals surface area (Å²) in [4.78, 5) is 22.7. The zero-order chi connectivity index (χ0) is 13.5. The van der Waals surface area contributed by atoms with Gasteiger partial charge < -0.3 is 10.1 Å². The molecule has 1 rings (SSSR count). The Morgan fingerprint density at radius 2 is 2.06 bits per heavy atom. The quantitative estimate of drug-likeness (QED) is 0.809. The van der Waals surface area contributed by atoms with Gasteiger partial charge in [-0.2, -0.15) is 0 Å². The first-order valence-electron chi connectivity index (χ1n) is 5.99. The van der Waals surface area contributed by atoms with Crippen LogP contribution in [0.25, 0.3) is 0 Å².